The number of benzene rings is 2. The van der Waals surface area contributed by atoms with Gasteiger partial charge in [0.25, 0.3) is 0 Å². The van der Waals surface area contributed by atoms with Gasteiger partial charge in [0.2, 0.25) is 5.91 Å². The second-order valence-electron chi connectivity index (χ2n) is 5.26. The first-order valence-electron chi connectivity index (χ1n) is 7.62. The van der Waals surface area contributed by atoms with Gasteiger partial charge in [0.1, 0.15) is 6.61 Å². The molecule has 5 nitrogen and oxygen atoms in total. The molecule has 0 fully saturated rings. The van der Waals surface area contributed by atoms with Gasteiger partial charge in [0.05, 0.1) is 6.61 Å². The fourth-order valence-corrected chi connectivity index (χ4v) is 2.16. The Morgan fingerprint density at radius 1 is 1.21 bits per heavy atom. The van der Waals surface area contributed by atoms with Gasteiger partial charge in [-0.05, 0) is 17.7 Å². The highest BCUT2D eigenvalue weighted by Gasteiger charge is 2.12. The lowest BCUT2D eigenvalue weighted by Gasteiger charge is -2.13. The molecule has 0 aliphatic heterocycles. The van der Waals surface area contributed by atoms with E-state index in [0.29, 0.717) is 12.3 Å². The van der Waals surface area contributed by atoms with Gasteiger partial charge in [-0.2, -0.15) is 0 Å². The summed E-state index contributed by atoms with van der Waals surface area (Å²) in [6.45, 7) is 0.625. The number of halogens is 1. The molecule has 0 saturated carbocycles. The van der Waals surface area contributed by atoms with E-state index in [1.807, 2.05) is 30.3 Å². The Morgan fingerprint density at radius 2 is 1.96 bits per heavy atom. The first-order chi connectivity index (χ1) is 11.6. The molecule has 3 N–H and O–H groups in total. The smallest absolute Gasteiger partial charge is 0.226 e. The molecule has 1 amide bonds. The molecule has 2 aromatic carbocycles. The summed E-state index contributed by atoms with van der Waals surface area (Å²) in [5, 5.41) is 2.64. The number of anilines is 1. The molecular weight excluding hydrogens is 311 g/mol. The fourth-order valence-electron chi connectivity index (χ4n) is 2.16. The van der Waals surface area contributed by atoms with Crippen molar-refractivity contribution in [2.45, 2.75) is 12.5 Å². The van der Waals surface area contributed by atoms with E-state index >= 15 is 0 Å². The molecule has 1 atom stereocenters. The highest BCUT2D eigenvalue weighted by Crippen LogP contribution is 2.22. The van der Waals surface area contributed by atoms with Crippen molar-refractivity contribution in [2.75, 3.05) is 25.6 Å². The second-order valence-corrected chi connectivity index (χ2v) is 5.26. The zero-order chi connectivity index (χ0) is 17.4. The number of hydrogen-bond acceptors (Lipinski definition) is 4. The molecule has 0 radical (unpaired) electrons. The van der Waals surface area contributed by atoms with E-state index in [9.17, 15) is 9.18 Å². The minimum absolute atomic E-state index is 0.109. The van der Waals surface area contributed by atoms with E-state index in [0.717, 1.165) is 5.56 Å². The van der Waals surface area contributed by atoms with Crippen LogP contribution in [0.15, 0.2) is 48.5 Å². The van der Waals surface area contributed by atoms with Crippen molar-refractivity contribution < 1.29 is 18.7 Å². The molecule has 24 heavy (non-hydrogen) atoms. The molecule has 0 spiro atoms. The van der Waals surface area contributed by atoms with E-state index in [1.54, 1.807) is 13.2 Å². The van der Waals surface area contributed by atoms with Gasteiger partial charge in [-0.25, -0.2) is 4.39 Å². The van der Waals surface area contributed by atoms with Crippen LogP contribution in [0.3, 0.4) is 0 Å². The summed E-state index contributed by atoms with van der Waals surface area (Å²) in [5.41, 5.74) is 7.24. The number of nitrogens with one attached hydrogen (secondary N) is 1. The van der Waals surface area contributed by atoms with Gasteiger partial charge >= 0.3 is 0 Å². The molecule has 6 heteroatoms. The Kier molecular flexibility index (Phi) is 6.72. The molecule has 0 heterocycles. The minimum atomic E-state index is -0.545. The molecule has 2 aromatic rings. The van der Waals surface area contributed by atoms with Gasteiger partial charge in [0.15, 0.2) is 11.6 Å². The molecule has 0 saturated heterocycles. The number of nitrogens with two attached hydrogens (primary N) is 1. The topological polar surface area (TPSA) is 73.6 Å². The number of methoxy groups -OCH3 is 1. The number of hydrogen-bond donors (Lipinski definition) is 2. The number of amides is 1. The molecule has 2 rings (SSSR count). The summed E-state index contributed by atoms with van der Waals surface area (Å²) >= 11 is 0. The first-order valence-corrected chi connectivity index (χ1v) is 7.62. The number of carbonyl (C=O) groups is 1. The molecular formula is C18H21FN2O3. The summed E-state index contributed by atoms with van der Waals surface area (Å²) in [6, 6.07) is 13.2. The van der Waals surface area contributed by atoms with Gasteiger partial charge in [-0.3, -0.25) is 4.79 Å². The fraction of sp³-hybridized carbons (Fsp3) is 0.278. The highest BCUT2D eigenvalue weighted by molar-refractivity contribution is 5.91. The van der Waals surface area contributed by atoms with Crippen molar-refractivity contribution in [1.82, 2.24) is 0 Å². The van der Waals surface area contributed by atoms with Gasteiger partial charge < -0.3 is 20.5 Å². The predicted molar refractivity (Wildman–Crippen MR) is 90.4 cm³/mol. The summed E-state index contributed by atoms with van der Waals surface area (Å²) < 4.78 is 24.0. The van der Waals surface area contributed by atoms with Crippen LogP contribution < -0.4 is 15.8 Å². The Bertz CT molecular complexity index is 665. The van der Waals surface area contributed by atoms with Crippen LogP contribution in [0.2, 0.25) is 0 Å². The first kappa shape index (κ1) is 17.9. The molecule has 1 unspecified atom stereocenters. The molecule has 0 bridgehead atoms. The third-order valence-electron chi connectivity index (χ3n) is 3.39. The number of rotatable bonds is 8. The zero-order valence-corrected chi connectivity index (χ0v) is 13.5. The Morgan fingerprint density at radius 3 is 2.62 bits per heavy atom. The average molecular weight is 332 g/mol. The van der Waals surface area contributed by atoms with Crippen molar-refractivity contribution >= 4 is 11.6 Å². The molecule has 0 aliphatic rings. The summed E-state index contributed by atoms with van der Waals surface area (Å²) in [5.74, 6) is -0.707. The predicted octanol–water partition coefficient (Wildman–Crippen LogP) is 2.88. The van der Waals surface area contributed by atoms with Crippen LogP contribution in [0.25, 0.3) is 0 Å². The maximum atomic E-state index is 13.9. The zero-order valence-electron chi connectivity index (χ0n) is 13.5. The van der Waals surface area contributed by atoms with Crippen LogP contribution in [0.1, 0.15) is 18.0 Å². The SMILES string of the molecule is COCCOc1ccc(NC(=O)CC(N)c2ccccc2)cc1F. The van der Waals surface area contributed by atoms with Gasteiger partial charge in [-0.15, -0.1) is 0 Å². The molecule has 0 aromatic heterocycles. The van der Waals surface area contributed by atoms with Crippen LogP contribution in [0, 0.1) is 5.82 Å². The maximum Gasteiger partial charge on any atom is 0.226 e. The third kappa shape index (κ3) is 5.33. The van der Waals surface area contributed by atoms with Crippen molar-refractivity contribution in [3.63, 3.8) is 0 Å². The third-order valence-corrected chi connectivity index (χ3v) is 3.39. The van der Waals surface area contributed by atoms with Gasteiger partial charge in [-0.1, -0.05) is 30.3 Å². The summed E-state index contributed by atoms with van der Waals surface area (Å²) in [4.78, 5) is 12.0. The molecule has 0 aliphatic carbocycles. The van der Waals surface area contributed by atoms with E-state index in [1.165, 1.54) is 12.1 Å². The largest absolute Gasteiger partial charge is 0.488 e. The minimum Gasteiger partial charge on any atom is -0.488 e. The van der Waals surface area contributed by atoms with Crippen LogP contribution in [0.4, 0.5) is 10.1 Å². The Labute approximate surface area is 140 Å². The monoisotopic (exact) mass is 332 g/mol. The van der Waals surface area contributed by atoms with Crippen LogP contribution in [-0.2, 0) is 9.53 Å². The van der Waals surface area contributed by atoms with Gasteiger partial charge in [0, 0.05) is 31.3 Å². The van der Waals surface area contributed by atoms with Crippen molar-refractivity contribution in [1.29, 1.82) is 0 Å². The lowest BCUT2D eigenvalue weighted by atomic mass is 10.0. The van der Waals surface area contributed by atoms with Crippen molar-refractivity contribution in [3.8, 4) is 5.75 Å². The van der Waals surface area contributed by atoms with E-state index < -0.39 is 11.9 Å². The van der Waals surface area contributed by atoms with Crippen LogP contribution >= 0.6 is 0 Å². The second kappa shape index (κ2) is 9.00. The highest BCUT2D eigenvalue weighted by atomic mass is 19.1. The van der Waals surface area contributed by atoms with E-state index in [4.69, 9.17) is 15.2 Å². The van der Waals surface area contributed by atoms with Crippen molar-refractivity contribution in [2.24, 2.45) is 5.73 Å². The van der Waals surface area contributed by atoms with Crippen molar-refractivity contribution in [3.05, 3.63) is 59.9 Å². The number of ether oxygens (including phenoxy) is 2. The van der Waals surface area contributed by atoms with Crippen LogP contribution in [0.5, 0.6) is 5.75 Å². The van der Waals surface area contributed by atoms with E-state index in [-0.39, 0.29) is 24.7 Å². The lowest BCUT2D eigenvalue weighted by molar-refractivity contribution is -0.116. The van der Waals surface area contributed by atoms with E-state index in [2.05, 4.69) is 5.32 Å². The summed E-state index contributed by atoms with van der Waals surface area (Å²) in [6.07, 6.45) is 0.109. The number of carbonyl (C=O) groups excluding carboxylic acids is 1. The Balaban J connectivity index is 1.90. The van der Waals surface area contributed by atoms with Crippen LogP contribution in [-0.4, -0.2) is 26.2 Å². The summed E-state index contributed by atoms with van der Waals surface area (Å²) in [7, 11) is 1.54. The Hall–Kier alpha value is -2.44. The lowest BCUT2D eigenvalue weighted by Crippen LogP contribution is -2.20. The normalized spacial score (nSPS) is 11.8. The standard InChI is InChI=1S/C18H21FN2O3/c1-23-9-10-24-17-8-7-14(11-15(17)19)21-18(22)12-16(20)13-5-3-2-4-6-13/h2-8,11,16H,9-10,12,20H2,1H3,(H,21,22). The average Bonchev–Trinajstić information content (AvgIpc) is 2.57. The maximum absolute atomic E-state index is 13.9. The quantitative estimate of drug-likeness (QED) is 0.729. The molecule has 128 valence electrons.